The first-order valence-corrected chi connectivity index (χ1v) is 30.5. The highest BCUT2D eigenvalue weighted by Gasteiger charge is 2.31. The number of nitrogens with two attached hydrogens (primary N) is 1. The van der Waals surface area contributed by atoms with E-state index < -0.39 is 51.4 Å². The summed E-state index contributed by atoms with van der Waals surface area (Å²) in [6.45, 7) is 13.6. The van der Waals surface area contributed by atoms with Crippen LogP contribution in [0.1, 0.15) is 57.9 Å². The Bertz CT molecular complexity index is 2690. The number of piperidine rings is 1. The lowest BCUT2D eigenvalue weighted by Crippen LogP contribution is -2.50. The number of halogens is 4. The number of amides is 1. The number of carbonyl (C=O) groups excluding carboxylic acids is 2. The van der Waals surface area contributed by atoms with Gasteiger partial charge in [0.1, 0.15) is 5.84 Å². The van der Waals surface area contributed by atoms with E-state index in [9.17, 15) is 35.6 Å². The number of benzene rings is 3. The second-order valence-electron chi connectivity index (χ2n) is 19.5. The average Bonchev–Trinajstić information content (AvgIpc) is 2.39. The van der Waals surface area contributed by atoms with Gasteiger partial charge in [0, 0.05) is 69.4 Å². The summed E-state index contributed by atoms with van der Waals surface area (Å²) in [7, 11) is -2.09. The molecule has 0 aliphatic carbocycles. The summed E-state index contributed by atoms with van der Waals surface area (Å²) >= 11 is 0. The van der Waals surface area contributed by atoms with Crippen molar-refractivity contribution in [2.45, 2.75) is 63.3 Å². The zero-order valence-electron chi connectivity index (χ0n) is 49.6. The van der Waals surface area contributed by atoms with E-state index in [2.05, 4.69) is 39.2 Å². The van der Waals surface area contributed by atoms with Crippen LogP contribution in [0.2, 0.25) is 0 Å². The van der Waals surface area contributed by atoms with E-state index >= 15 is 0 Å². The Kier molecular flexibility index (Phi) is 33.6. The Balaban J connectivity index is 0.774. The Morgan fingerprint density at radius 3 is 1.63 bits per heavy atom. The topological polar surface area (TPSA) is 251 Å². The van der Waals surface area contributed by atoms with Crippen molar-refractivity contribution in [3.05, 3.63) is 82.9 Å². The lowest BCUT2D eigenvalue weighted by Gasteiger charge is -2.32. The van der Waals surface area contributed by atoms with E-state index in [4.69, 9.17) is 53.1 Å². The molecule has 5 rings (SSSR count). The number of hydrogen-bond acceptors (Lipinski definition) is 18. The molecule has 3 aromatic rings. The van der Waals surface area contributed by atoms with Crippen molar-refractivity contribution in [1.29, 1.82) is 0 Å². The van der Waals surface area contributed by atoms with E-state index in [1.807, 2.05) is 35.2 Å². The van der Waals surface area contributed by atoms with E-state index in [1.54, 1.807) is 25.2 Å². The summed E-state index contributed by atoms with van der Waals surface area (Å²) in [5.74, 6) is -8.61. The van der Waals surface area contributed by atoms with Crippen LogP contribution in [-0.2, 0) is 67.0 Å². The number of guanidine groups is 1. The fourth-order valence-corrected chi connectivity index (χ4v) is 10.2. The molecule has 0 unspecified atom stereocenters. The molecule has 0 saturated carbocycles. The number of esters is 1. The zero-order chi connectivity index (χ0) is 61.8. The van der Waals surface area contributed by atoms with Gasteiger partial charge in [0.05, 0.1) is 149 Å². The van der Waals surface area contributed by atoms with Gasteiger partial charge in [-0.25, -0.2) is 22.2 Å². The van der Waals surface area contributed by atoms with Crippen LogP contribution in [0.4, 0.5) is 23.2 Å². The van der Waals surface area contributed by atoms with Gasteiger partial charge in [-0.3, -0.25) is 14.6 Å². The predicted molar refractivity (Wildman–Crippen MR) is 314 cm³/mol. The molecule has 4 N–H and O–H groups in total. The first-order chi connectivity index (χ1) is 41.7. The summed E-state index contributed by atoms with van der Waals surface area (Å²) in [5, 5.41) is 6.67. The lowest BCUT2D eigenvalue weighted by atomic mass is 10.0. The number of hydrogen-bond donors (Lipinski definition) is 3. The van der Waals surface area contributed by atoms with E-state index in [1.165, 1.54) is 4.31 Å². The third kappa shape index (κ3) is 25.6. The van der Waals surface area contributed by atoms with Crippen molar-refractivity contribution >= 4 is 45.5 Å². The number of nitrogens with one attached hydrogen (secondary N) is 2. The molecule has 0 aromatic heterocycles. The summed E-state index contributed by atoms with van der Waals surface area (Å²) in [4.78, 5) is 36.3. The minimum Gasteiger partial charge on any atom is -0.420 e. The van der Waals surface area contributed by atoms with Crippen LogP contribution in [0, 0.1) is 23.3 Å². The van der Waals surface area contributed by atoms with Gasteiger partial charge in [-0.05, 0) is 61.1 Å². The Hall–Kier alpha value is -5.69. The maximum atomic E-state index is 13.9. The quantitative estimate of drug-likeness (QED) is 0.0115. The molecule has 0 bridgehead atoms. The number of ether oxygens (including phenoxy) is 11. The molecule has 0 radical (unpaired) electrons. The molecule has 1 fully saturated rings. The van der Waals surface area contributed by atoms with Gasteiger partial charge in [0.25, 0.3) is 0 Å². The molecular weight excluding hydrogens is 1150 g/mol. The van der Waals surface area contributed by atoms with Gasteiger partial charge in [-0.1, -0.05) is 38.1 Å². The third-order valence-corrected chi connectivity index (χ3v) is 14.9. The first-order valence-electron chi connectivity index (χ1n) is 29.1. The summed E-state index contributed by atoms with van der Waals surface area (Å²) < 4.78 is 142. The van der Waals surface area contributed by atoms with E-state index in [-0.39, 0.29) is 55.8 Å². The van der Waals surface area contributed by atoms with Gasteiger partial charge in [-0.2, -0.15) is 13.1 Å². The number of amidine groups is 1. The summed E-state index contributed by atoms with van der Waals surface area (Å²) in [5.41, 5.74) is 9.86. The molecule has 86 heavy (non-hydrogen) atoms. The van der Waals surface area contributed by atoms with Gasteiger partial charge >= 0.3 is 5.97 Å². The molecule has 3 aromatic carbocycles. The summed E-state index contributed by atoms with van der Waals surface area (Å²) in [6, 6.07) is 12.7. The first kappa shape index (κ1) is 71.1. The van der Waals surface area contributed by atoms with Gasteiger partial charge < -0.3 is 73.4 Å². The monoisotopic (exact) mass is 1240 g/mol. The summed E-state index contributed by atoms with van der Waals surface area (Å²) in [6.07, 6.45) is 4.64. The molecule has 2 aliphatic rings. The fourth-order valence-electron chi connectivity index (χ4n) is 8.66. The molecule has 27 heteroatoms. The van der Waals surface area contributed by atoms with Crippen molar-refractivity contribution in [1.82, 2.24) is 19.8 Å². The molecule has 2 heterocycles. The van der Waals surface area contributed by atoms with Crippen molar-refractivity contribution in [3.8, 4) is 16.9 Å². The fraction of sp³-hybridized carbons (Fsp3) is 0.593. The predicted octanol–water partition coefficient (Wildman–Crippen LogP) is 5.81. The molecular formula is C59H85F4N7O15S. The molecule has 0 spiro atoms. The van der Waals surface area contributed by atoms with Crippen LogP contribution >= 0.6 is 0 Å². The standard InChI is InChI=1S/C59H85F4N7O15S/c1-4-15-69(16-5-2)58(72)47-39-46-10-9-45(41-52(46)68-53(64)42-47)44-7-6-8-49(40-44)86(73,74)70-17-11-48(12-18-70)67-59(65-3)66-14-20-76-22-24-78-26-28-80-30-32-82-34-36-84-38-37-83-35-33-81-31-29-79-27-25-77-23-21-75-19-13-54(71)85-57-55(62)50(60)43-51(61)56(57)63/h6-10,39-41,43,48H,4-5,11-38,42H2,1-3H3,(H2,64,68)(H2,65,66,67). The maximum absolute atomic E-state index is 13.9. The third-order valence-electron chi connectivity index (χ3n) is 13.0. The van der Waals surface area contributed by atoms with Gasteiger partial charge in [0.15, 0.2) is 17.6 Å². The highest BCUT2D eigenvalue weighted by Crippen LogP contribution is 2.34. The van der Waals surface area contributed by atoms with Crippen LogP contribution in [-0.4, -0.2) is 219 Å². The molecule has 0 atom stereocenters. The van der Waals surface area contributed by atoms with E-state index in [0.717, 1.165) is 29.5 Å². The number of sulfonamides is 1. The normalized spacial score (nSPS) is 14.2. The van der Waals surface area contributed by atoms with Crippen molar-refractivity contribution in [2.24, 2.45) is 15.7 Å². The maximum Gasteiger partial charge on any atom is 0.313 e. The van der Waals surface area contributed by atoms with Crippen LogP contribution in [0.5, 0.6) is 5.75 Å². The smallest absolute Gasteiger partial charge is 0.313 e. The van der Waals surface area contributed by atoms with Gasteiger partial charge in [0.2, 0.25) is 33.3 Å². The Morgan fingerprint density at radius 2 is 1.14 bits per heavy atom. The minimum atomic E-state index is -3.78. The van der Waals surface area contributed by atoms with E-state index in [0.29, 0.717) is 174 Å². The van der Waals surface area contributed by atoms with Crippen molar-refractivity contribution in [3.63, 3.8) is 0 Å². The van der Waals surface area contributed by atoms with Crippen LogP contribution in [0.15, 0.2) is 69.0 Å². The van der Waals surface area contributed by atoms with Crippen molar-refractivity contribution in [2.75, 3.05) is 172 Å². The number of nitrogens with zero attached hydrogens (tertiary/aromatic N) is 4. The van der Waals surface area contributed by atoms with Gasteiger partial charge in [-0.15, -0.1) is 0 Å². The highest BCUT2D eigenvalue weighted by atomic mass is 32.2. The highest BCUT2D eigenvalue weighted by molar-refractivity contribution is 7.89. The number of carbonyl (C=O) groups is 2. The Morgan fingerprint density at radius 1 is 0.663 bits per heavy atom. The molecule has 480 valence electrons. The molecule has 1 saturated heterocycles. The average molecular weight is 1240 g/mol. The molecule has 2 aliphatic heterocycles. The zero-order valence-corrected chi connectivity index (χ0v) is 50.4. The van der Waals surface area contributed by atoms with Crippen molar-refractivity contribution < 1.29 is 87.7 Å². The SMILES string of the molecule is CCCN(CCC)C(=O)C1=Cc2ccc(-c3cccc(S(=O)(=O)N4CCC(N/C(=N/C)NCCOCCOCCOCCOCCOCCOCCOCCOCCOCCOCCC(=O)Oc5c(F)c(F)cc(F)c5F)CC4)c3)cc2N=C(N)C1. The number of rotatable bonds is 43. The second-order valence-corrected chi connectivity index (χ2v) is 21.4. The number of fused-ring (bicyclic) bond motifs is 1. The Labute approximate surface area is 502 Å². The molecule has 1 amide bonds. The van der Waals surface area contributed by atoms with Crippen LogP contribution in [0.25, 0.3) is 17.2 Å². The second kappa shape index (κ2) is 40.7. The lowest BCUT2D eigenvalue weighted by molar-refractivity contribution is -0.136. The minimum absolute atomic E-state index is 0.0148. The molecule has 22 nitrogen and oxygen atoms in total. The largest absolute Gasteiger partial charge is 0.420 e. The number of aliphatic imine (C=N–C) groups is 2. The van der Waals surface area contributed by atoms with Crippen LogP contribution in [0.3, 0.4) is 0 Å². The van der Waals surface area contributed by atoms with Crippen LogP contribution < -0.4 is 21.1 Å².